The van der Waals surface area contributed by atoms with Gasteiger partial charge in [0.25, 0.3) is 0 Å². The summed E-state index contributed by atoms with van der Waals surface area (Å²) in [4.78, 5) is 23.5. The number of aliphatic carboxylic acids is 1. The number of hydrogen-bond acceptors (Lipinski definition) is 3. The van der Waals surface area contributed by atoms with E-state index in [1.165, 1.54) is 11.8 Å². The first-order valence-electron chi connectivity index (χ1n) is 5.36. The van der Waals surface area contributed by atoms with E-state index in [9.17, 15) is 9.59 Å². The van der Waals surface area contributed by atoms with Crippen LogP contribution in [0.5, 0.6) is 0 Å². The molecular weight excluding hydrogens is 212 g/mol. The molecule has 0 saturated carbocycles. The van der Waals surface area contributed by atoms with Crippen molar-refractivity contribution in [3.63, 3.8) is 0 Å². The lowest BCUT2D eigenvalue weighted by molar-refractivity contribution is -0.138. The molecule has 1 saturated heterocycles. The van der Waals surface area contributed by atoms with Crippen LogP contribution in [0.15, 0.2) is 0 Å². The molecule has 0 aromatic rings. The number of carbonyl (C=O) groups is 2. The van der Waals surface area contributed by atoms with Crippen molar-refractivity contribution in [1.82, 2.24) is 10.2 Å². The highest BCUT2D eigenvalue weighted by atomic mass is 16.5. The summed E-state index contributed by atoms with van der Waals surface area (Å²) in [6.45, 7) is 2.67. The van der Waals surface area contributed by atoms with Crippen molar-refractivity contribution in [3.05, 3.63) is 0 Å². The van der Waals surface area contributed by atoms with Crippen molar-refractivity contribution in [1.29, 1.82) is 0 Å². The zero-order valence-corrected chi connectivity index (χ0v) is 9.60. The smallest absolute Gasteiger partial charge is 0.325 e. The lowest BCUT2D eigenvalue weighted by Crippen LogP contribution is -2.47. The van der Waals surface area contributed by atoms with Crippen molar-refractivity contribution in [2.45, 2.75) is 31.9 Å². The average molecular weight is 230 g/mol. The molecule has 6 heteroatoms. The van der Waals surface area contributed by atoms with E-state index in [0.717, 1.165) is 19.4 Å². The van der Waals surface area contributed by atoms with E-state index in [1.54, 1.807) is 7.05 Å². The molecule has 1 fully saturated rings. The van der Waals surface area contributed by atoms with Crippen molar-refractivity contribution in [2.24, 2.45) is 0 Å². The van der Waals surface area contributed by atoms with Gasteiger partial charge in [0, 0.05) is 20.2 Å². The van der Waals surface area contributed by atoms with Crippen molar-refractivity contribution >= 4 is 12.0 Å². The number of carbonyl (C=O) groups excluding carboxylic acids is 1. The highest BCUT2D eigenvalue weighted by Gasteiger charge is 2.22. The Bertz CT molecular complexity index is 264. The number of ether oxygens (including phenoxy) is 1. The second-order valence-electron chi connectivity index (χ2n) is 4.02. The van der Waals surface area contributed by atoms with Crippen molar-refractivity contribution in [3.8, 4) is 0 Å². The molecule has 1 heterocycles. The lowest BCUT2D eigenvalue weighted by Gasteiger charge is -2.22. The third-order valence-electron chi connectivity index (χ3n) is 2.56. The predicted molar refractivity (Wildman–Crippen MR) is 57.2 cm³/mol. The van der Waals surface area contributed by atoms with Gasteiger partial charge in [0.1, 0.15) is 6.04 Å². The van der Waals surface area contributed by atoms with Crippen LogP contribution in [0.3, 0.4) is 0 Å². The Balaban J connectivity index is 2.32. The summed E-state index contributed by atoms with van der Waals surface area (Å²) in [6.07, 6.45) is 2.05. The van der Waals surface area contributed by atoms with Gasteiger partial charge in [0.05, 0.1) is 6.10 Å². The molecule has 2 atom stereocenters. The first-order valence-corrected chi connectivity index (χ1v) is 5.36. The molecule has 6 nitrogen and oxygen atoms in total. The van der Waals surface area contributed by atoms with Crippen LogP contribution in [-0.4, -0.2) is 54.4 Å². The fourth-order valence-electron chi connectivity index (χ4n) is 1.53. The third kappa shape index (κ3) is 3.69. The Kier molecular flexibility index (Phi) is 4.54. The van der Waals surface area contributed by atoms with Gasteiger partial charge in [-0.1, -0.05) is 0 Å². The Morgan fingerprint density at radius 2 is 2.31 bits per heavy atom. The van der Waals surface area contributed by atoms with Crippen LogP contribution in [0.1, 0.15) is 19.8 Å². The molecule has 0 bridgehead atoms. The Hall–Kier alpha value is -1.30. The molecule has 0 spiro atoms. The number of carboxylic acids is 1. The molecule has 0 aromatic carbocycles. The molecule has 0 aromatic heterocycles. The van der Waals surface area contributed by atoms with Crippen molar-refractivity contribution in [2.75, 3.05) is 20.2 Å². The number of likely N-dealkylation sites (N-methyl/N-ethyl adjacent to an activating group) is 1. The molecule has 1 aliphatic heterocycles. The van der Waals surface area contributed by atoms with Crippen LogP contribution in [0.4, 0.5) is 4.79 Å². The van der Waals surface area contributed by atoms with Gasteiger partial charge in [-0.3, -0.25) is 4.79 Å². The minimum atomic E-state index is -1.04. The van der Waals surface area contributed by atoms with Gasteiger partial charge in [-0.25, -0.2) is 4.79 Å². The normalized spacial score (nSPS) is 21.5. The number of nitrogens with one attached hydrogen (secondary N) is 1. The monoisotopic (exact) mass is 230 g/mol. The molecule has 16 heavy (non-hydrogen) atoms. The summed E-state index contributed by atoms with van der Waals surface area (Å²) < 4.78 is 5.39. The van der Waals surface area contributed by atoms with E-state index >= 15 is 0 Å². The van der Waals surface area contributed by atoms with Gasteiger partial charge in [-0.15, -0.1) is 0 Å². The highest BCUT2D eigenvalue weighted by Crippen LogP contribution is 2.12. The Labute approximate surface area is 94.6 Å². The zero-order valence-electron chi connectivity index (χ0n) is 9.60. The average Bonchev–Trinajstić information content (AvgIpc) is 2.69. The predicted octanol–water partition coefficient (Wildman–Crippen LogP) is 0.280. The first kappa shape index (κ1) is 12.8. The van der Waals surface area contributed by atoms with Gasteiger partial charge in [-0.05, 0) is 19.8 Å². The molecule has 1 rings (SSSR count). The summed E-state index contributed by atoms with van der Waals surface area (Å²) in [5.41, 5.74) is 0. The second kappa shape index (κ2) is 5.69. The maximum absolute atomic E-state index is 11.5. The Morgan fingerprint density at radius 1 is 1.62 bits per heavy atom. The maximum atomic E-state index is 11.5. The molecule has 92 valence electrons. The van der Waals surface area contributed by atoms with E-state index < -0.39 is 12.0 Å². The zero-order chi connectivity index (χ0) is 12.1. The van der Waals surface area contributed by atoms with Gasteiger partial charge in [0.15, 0.2) is 0 Å². The fourth-order valence-corrected chi connectivity index (χ4v) is 1.53. The largest absolute Gasteiger partial charge is 0.480 e. The minimum absolute atomic E-state index is 0.0795. The number of carboxylic acid groups (broad SMARTS) is 1. The van der Waals surface area contributed by atoms with Crippen LogP contribution >= 0.6 is 0 Å². The fraction of sp³-hybridized carbons (Fsp3) is 0.800. The summed E-state index contributed by atoms with van der Waals surface area (Å²) in [5, 5.41) is 11.0. The summed E-state index contributed by atoms with van der Waals surface area (Å²) in [5.74, 6) is -1.04. The van der Waals surface area contributed by atoms with Crippen LogP contribution in [-0.2, 0) is 9.53 Å². The Morgan fingerprint density at radius 3 is 2.81 bits per heavy atom. The topological polar surface area (TPSA) is 78.9 Å². The van der Waals surface area contributed by atoms with Crippen molar-refractivity contribution < 1.29 is 19.4 Å². The number of hydrogen-bond donors (Lipinski definition) is 2. The standard InChI is InChI=1S/C10H18N2O4/c1-7(9(13)14)11-10(15)12(2)6-8-4-3-5-16-8/h7-8H,3-6H2,1-2H3,(H,11,15)(H,13,14)/t7-,8?/m0/s1. The van der Waals surface area contributed by atoms with E-state index in [1.807, 2.05) is 0 Å². The SMILES string of the molecule is C[C@H](NC(=O)N(C)CC1CCCO1)C(=O)O. The number of urea groups is 1. The number of rotatable bonds is 4. The number of amides is 2. The van der Waals surface area contributed by atoms with Crippen LogP contribution in [0, 0.1) is 0 Å². The van der Waals surface area contributed by atoms with E-state index in [4.69, 9.17) is 9.84 Å². The van der Waals surface area contributed by atoms with E-state index in [0.29, 0.717) is 6.54 Å². The maximum Gasteiger partial charge on any atom is 0.325 e. The van der Waals surface area contributed by atoms with E-state index in [-0.39, 0.29) is 12.1 Å². The van der Waals surface area contributed by atoms with Crippen LogP contribution in [0.2, 0.25) is 0 Å². The number of nitrogens with zero attached hydrogens (tertiary/aromatic N) is 1. The molecule has 0 aliphatic carbocycles. The second-order valence-corrected chi connectivity index (χ2v) is 4.02. The molecule has 1 unspecified atom stereocenters. The minimum Gasteiger partial charge on any atom is -0.480 e. The molecule has 2 amide bonds. The van der Waals surface area contributed by atoms with Gasteiger partial charge in [-0.2, -0.15) is 0 Å². The summed E-state index contributed by atoms with van der Waals surface area (Å²) in [7, 11) is 1.63. The highest BCUT2D eigenvalue weighted by molar-refractivity contribution is 5.82. The quantitative estimate of drug-likeness (QED) is 0.727. The first-order chi connectivity index (χ1) is 7.50. The third-order valence-corrected chi connectivity index (χ3v) is 2.56. The van der Waals surface area contributed by atoms with E-state index in [2.05, 4.69) is 5.32 Å². The van der Waals surface area contributed by atoms with Gasteiger partial charge in [0.2, 0.25) is 0 Å². The molecular formula is C10H18N2O4. The molecule has 0 radical (unpaired) electrons. The molecule has 2 N–H and O–H groups in total. The van der Waals surface area contributed by atoms with Gasteiger partial charge < -0.3 is 20.1 Å². The molecule has 1 aliphatic rings. The van der Waals surface area contributed by atoms with Crippen LogP contribution in [0.25, 0.3) is 0 Å². The van der Waals surface area contributed by atoms with Gasteiger partial charge >= 0.3 is 12.0 Å². The van der Waals surface area contributed by atoms with Crippen LogP contribution < -0.4 is 5.32 Å². The lowest BCUT2D eigenvalue weighted by atomic mass is 10.2. The summed E-state index contributed by atoms with van der Waals surface area (Å²) in [6, 6.07) is -1.26. The summed E-state index contributed by atoms with van der Waals surface area (Å²) >= 11 is 0.